The maximum absolute atomic E-state index is 14.6. The van der Waals surface area contributed by atoms with E-state index in [9.17, 15) is 57.8 Å². The monoisotopic (exact) mass is 1090 g/mol. The molecule has 0 bridgehead atoms. The standard InChI is InChI=1S/C58H92N8O12/c1-16-36(6)52-48(70)30-42(56(76)66-25-21-18-22-26-66)31-49(71)59-38(8)46(68)32-43(40(10)67)57(77)62(12)39(9)55(75)64(14)51(35(4)5)53(73)60-44(29-41-23-19-17-20-24-41)58(78)61(11)33-50(72)63(13)45(27-34(2)3)47(69)28-37(7)54(74)65(52)15/h17,19-20,23-24,34-40,42-45,51-52,67H,16,18,21-22,25-33H2,1-15H3,(H,59,71)(H,60,73)/t36-,37+,38+,39-,40+,42-,43-,44-,45-,51-,52-/m0/s1. The molecule has 0 radical (unpaired) electrons. The van der Waals surface area contributed by atoms with Gasteiger partial charge < -0.3 is 45.1 Å². The van der Waals surface area contributed by atoms with Gasteiger partial charge in [-0.25, -0.2) is 0 Å². The predicted molar refractivity (Wildman–Crippen MR) is 295 cm³/mol. The van der Waals surface area contributed by atoms with Crippen LogP contribution in [-0.2, 0) is 59.2 Å². The van der Waals surface area contributed by atoms with E-state index in [4.69, 9.17) is 0 Å². The van der Waals surface area contributed by atoms with Crippen LogP contribution in [0.4, 0.5) is 0 Å². The Balaban J connectivity index is 2.17. The molecular weight excluding hydrogens is 1000 g/mol. The first-order chi connectivity index (χ1) is 36.4. The number of rotatable bonds is 9. The van der Waals surface area contributed by atoms with Gasteiger partial charge in [0.15, 0.2) is 17.3 Å². The number of benzene rings is 1. The number of nitrogens with one attached hydrogen (secondary N) is 2. The van der Waals surface area contributed by atoms with E-state index in [0.717, 1.165) is 24.2 Å². The molecule has 8 amide bonds. The topological polar surface area (TPSA) is 252 Å². The summed E-state index contributed by atoms with van der Waals surface area (Å²) in [5.41, 5.74) is 0.687. The molecule has 0 aliphatic carbocycles. The molecule has 78 heavy (non-hydrogen) atoms. The van der Waals surface area contributed by atoms with Crippen molar-refractivity contribution in [3.8, 4) is 0 Å². The normalized spacial score (nSPS) is 27.7. The molecule has 0 spiro atoms. The van der Waals surface area contributed by atoms with Crippen LogP contribution < -0.4 is 10.6 Å². The van der Waals surface area contributed by atoms with E-state index < -0.39 is 162 Å². The molecule has 0 aromatic heterocycles. The molecule has 436 valence electrons. The second kappa shape index (κ2) is 30.4. The fraction of sp³-hybridized carbons (Fsp3) is 0.707. The van der Waals surface area contributed by atoms with Crippen molar-refractivity contribution in [2.24, 2.45) is 35.5 Å². The van der Waals surface area contributed by atoms with E-state index in [1.807, 2.05) is 20.8 Å². The smallest absolute Gasteiger partial charge is 0.245 e. The van der Waals surface area contributed by atoms with Crippen LogP contribution in [0.3, 0.4) is 0 Å². The third-order valence-electron chi connectivity index (χ3n) is 15.8. The van der Waals surface area contributed by atoms with E-state index in [1.54, 1.807) is 62.9 Å². The molecule has 2 heterocycles. The highest BCUT2D eigenvalue weighted by Crippen LogP contribution is 2.27. The summed E-state index contributed by atoms with van der Waals surface area (Å²) in [4.78, 5) is 165. The van der Waals surface area contributed by atoms with Crippen LogP contribution in [-0.4, -0.2) is 196 Å². The number of carbonyl (C=O) groups is 11. The average Bonchev–Trinajstić information content (AvgIpc) is 3.39. The summed E-state index contributed by atoms with van der Waals surface area (Å²) in [5.74, 6) is -11.0. The number of Topliss-reactive ketones (excluding diaryl/α,β-unsaturated/α-hetero) is 3. The van der Waals surface area contributed by atoms with Gasteiger partial charge in [0.1, 0.15) is 18.1 Å². The van der Waals surface area contributed by atoms with Crippen LogP contribution >= 0.6 is 0 Å². The minimum absolute atomic E-state index is 0.00722. The summed E-state index contributed by atoms with van der Waals surface area (Å²) in [7, 11) is 7.09. The van der Waals surface area contributed by atoms with Gasteiger partial charge in [0.25, 0.3) is 0 Å². The SMILES string of the molecule is CC[C@H](C)[C@H]1C(=O)C[C@H](C(=O)N2CCCCC2)CC(=O)N[C@H](C)C(=O)C[C@@H]([C@@H](C)O)C(=O)N(C)[C@@H](C)C(=O)N(C)[C@@H](C(C)C)C(=O)N[C@@H](Cc2ccccc2)C(=O)N(C)CC(=O)N(C)[C@@H](CC(C)C)C(=O)C[C@@H](C)C(=O)N1C. The number of likely N-dealkylation sites (N-methyl/N-ethyl adjacent to an activating group) is 5. The van der Waals surface area contributed by atoms with Crippen molar-refractivity contribution in [1.82, 2.24) is 40.0 Å². The molecule has 1 aromatic rings. The van der Waals surface area contributed by atoms with Crippen molar-refractivity contribution in [3.05, 3.63) is 35.9 Å². The highest BCUT2D eigenvalue weighted by molar-refractivity contribution is 5.99. The first kappa shape index (κ1) is 66.2. The molecule has 2 aliphatic rings. The van der Waals surface area contributed by atoms with Gasteiger partial charge >= 0.3 is 0 Å². The van der Waals surface area contributed by atoms with Crippen molar-refractivity contribution >= 4 is 64.6 Å². The molecule has 0 unspecified atom stereocenters. The molecule has 2 saturated heterocycles. The average molecular weight is 1090 g/mol. The number of piperidine rings is 1. The van der Waals surface area contributed by atoms with Gasteiger partial charge in [-0.2, -0.15) is 0 Å². The summed E-state index contributed by atoms with van der Waals surface area (Å²) in [6.45, 7) is 17.0. The number of carbonyl (C=O) groups excluding carboxylic acids is 11. The van der Waals surface area contributed by atoms with Crippen LogP contribution in [0.5, 0.6) is 0 Å². The van der Waals surface area contributed by atoms with Gasteiger partial charge in [-0.3, -0.25) is 52.7 Å². The Morgan fingerprint density at radius 1 is 0.654 bits per heavy atom. The number of ketones is 3. The second-order valence-electron chi connectivity index (χ2n) is 23.0. The highest BCUT2D eigenvalue weighted by Gasteiger charge is 2.42. The van der Waals surface area contributed by atoms with Gasteiger partial charge in [-0.1, -0.05) is 85.2 Å². The fourth-order valence-electron chi connectivity index (χ4n) is 10.7. The molecule has 0 saturated carbocycles. The maximum Gasteiger partial charge on any atom is 0.245 e. The molecule has 11 atom stereocenters. The van der Waals surface area contributed by atoms with E-state index >= 15 is 0 Å². The van der Waals surface area contributed by atoms with Crippen molar-refractivity contribution in [2.75, 3.05) is 54.9 Å². The summed E-state index contributed by atoms with van der Waals surface area (Å²) in [6, 6.07) is 1.99. The highest BCUT2D eigenvalue weighted by atomic mass is 16.3. The van der Waals surface area contributed by atoms with Crippen molar-refractivity contribution in [1.29, 1.82) is 0 Å². The molecule has 3 N–H and O–H groups in total. The van der Waals surface area contributed by atoms with Crippen molar-refractivity contribution < 1.29 is 57.8 Å². The Hall–Kier alpha value is -6.05. The van der Waals surface area contributed by atoms with Gasteiger partial charge in [0.05, 0.1) is 42.6 Å². The Kier molecular flexibility index (Phi) is 25.8. The zero-order chi connectivity index (χ0) is 59.0. The van der Waals surface area contributed by atoms with Crippen LogP contribution in [0.2, 0.25) is 0 Å². The minimum Gasteiger partial charge on any atom is -0.393 e. The zero-order valence-electron chi connectivity index (χ0n) is 49.2. The molecule has 2 fully saturated rings. The van der Waals surface area contributed by atoms with Gasteiger partial charge in [-0.15, -0.1) is 0 Å². The number of aliphatic hydroxyl groups is 1. The maximum atomic E-state index is 14.6. The lowest BCUT2D eigenvalue weighted by atomic mass is 9.86. The van der Waals surface area contributed by atoms with Crippen molar-refractivity contribution in [3.63, 3.8) is 0 Å². The quantitative estimate of drug-likeness (QED) is 0.322. The van der Waals surface area contributed by atoms with E-state index in [2.05, 4.69) is 10.6 Å². The van der Waals surface area contributed by atoms with E-state index in [-0.39, 0.29) is 25.2 Å². The number of aliphatic hydroxyl groups excluding tert-OH is 1. The molecule has 20 heteroatoms. The molecule has 2 aliphatic heterocycles. The van der Waals surface area contributed by atoms with Crippen molar-refractivity contribution in [2.45, 2.75) is 176 Å². The number of likely N-dealkylation sites (tertiary alicyclic amines) is 1. The third-order valence-corrected chi connectivity index (χ3v) is 15.8. The van der Waals surface area contributed by atoms with Crippen LogP contribution in [0.25, 0.3) is 0 Å². The third kappa shape index (κ3) is 18.0. The zero-order valence-corrected chi connectivity index (χ0v) is 49.2. The summed E-state index contributed by atoms with van der Waals surface area (Å²) >= 11 is 0. The van der Waals surface area contributed by atoms with Crippen LogP contribution in [0.15, 0.2) is 30.3 Å². The van der Waals surface area contributed by atoms with Crippen LogP contribution in [0.1, 0.15) is 133 Å². The molecule has 1 aromatic carbocycles. The summed E-state index contributed by atoms with van der Waals surface area (Å²) < 4.78 is 0. The number of hydrogen-bond acceptors (Lipinski definition) is 12. The predicted octanol–water partition coefficient (Wildman–Crippen LogP) is 3.30. The largest absolute Gasteiger partial charge is 0.393 e. The lowest BCUT2D eigenvalue weighted by Gasteiger charge is -2.36. The molecular formula is C58H92N8O12. The first-order valence-electron chi connectivity index (χ1n) is 27.9. The van der Waals surface area contributed by atoms with Crippen LogP contribution in [0, 0.1) is 35.5 Å². The number of nitrogens with zero attached hydrogens (tertiary/aromatic N) is 6. The Morgan fingerprint density at radius 2 is 1.24 bits per heavy atom. The Labute approximate surface area is 463 Å². The van der Waals surface area contributed by atoms with E-state index in [1.165, 1.54) is 75.6 Å². The lowest BCUT2D eigenvalue weighted by Crippen LogP contribution is -2.59. The van der Waals surface area contributed by atoms with E-state index in [0.29, 0.717) is 25.1 Å². The van der Waals surface area contributed by atoms with Gasteiger partial charge in [0, 0.05) is 86.3 Å². The minimum atomic E-state index is -1.39. The second-order valence-corrected chi connectivity index (χ2v) is 23.0. The molecule has 20 nitrogen and oxygen atoms in total. The number of amides is 8. The summed E-state index contributed by atoms with van der Waals surface area (Å²) in [6.07, 6.45) is -0.0235. The lowest BCUT2D eigenvalue weighted by molar-refractivity contribution is -0.152. The fourth-order valence-corrected chi connectivity index (χ4v) is 10.7. The Morgan fingerprint density at radius 3 is 1.79 bits per heavy atom. The summed E-state index contributed by atoms with van der Waals surface area (Å²) in [5, 5.41) is 16.4. The first-order valence-corrected chi connectivity index (χ1v) is 27.9. The van der Waals surface area contributed by atoms with Gasteiger partial charge in [0.2, 0.25) is 47.3 Å². The molecule has 3 rings (SSSR count). The van der Waals surface area contributed by atoms with Gasteiger partial charge in [-0.05, 0) is 69.8 Å². The Bertz CT molecular complexity index is 2290. The number of hydrogen-bond donors (Lipinski definition) is 3.